The number of nitrogens with one attached hydrogen (secondary N) is 1. The number of hydrogen-bond donors (Lipinski definition) is 1. The summed E-state index contributed by atoms with van der Waals surface area (Å²) in [6.45, 7) is 0.919. The van der Waals surface area contributed by atoms with E-state index in [9.17, 15) is 14.0 Å². The molecule has 0 unspecified atom stereocenters. The van der Waals surface area contributed by atoms with E-state index in [1.54, 1.807) is 24.3 Å². The van der Waals surface area contributed by atoms with Gasteiger partial charge in [0.25, 0.3) is 5.91 Å². The van der Waals surface area contributed by atoms with Crippen LogP contribution in [0.15, 0.2) is 28.7 Å². The number of ether oxygens (including phenoxy) is 1. The number of carbonyl (C=O) groups is 2. The third kappa shape index (κ3) is 3.46. The smallest absolute Gasteiger partial charge is 0.338 e. The maximum atomic E-state index is 12.5. The van der Waals surface area contributed by atoms with Gasteiger partial charge in [-0.1, -0.05) is 17.7 Å². The van der Waals surface area contributed by atoms with E-state index >= 15 is 0 Å². The molecule has 1 aromatic heterocycles. The summed E-state index contributed by atoms with van der Waals surface area (Å²) in [6, 6.07) is 5.44. The molecule has 0 fully saturated rings. The zero-order chi connectivity index (χ0) is 16.1. The Labute approximate surface area is 125 Å². The van der Waals surface area contributed by atoms with Crippen molar-refractivity contribution in [3.05, 3.63) is 47.2 Å². The van der Waals surface area contributed by atoms with Gasteiger partial charge in [0, 0.05) is 5.56 Å². The van der Waals surface area contributed by atoms with E-state index in [4.69, 9.17) is 4.42 Å². The summed E-state index contributed by atoms with van der Waals surface area (Å²) in [5.74, 6) is -1.83. The molecule has 2 aromatic rings. The molecule has 0 radical (unpaired) electrons. The van der Waals surface area contributed by atoms with Crippen molar-refractivity contribution < 1.29 is 23.1 Å². The Morgan fingerprint density at radius 1 is 1.32 bits per heavy atom. The van der Waals surface area contributed by atoms with Crippen LogP contribution in [0.1, 0.15) is 33.7 Å². The number of alkyl halides is 1. The number of methoxy groups -OCH3 is 1. The number of nitrogens with zero attached hydrogens (tertiary/aromatic N) is 2. The summed E-state index contributed by atoms with van der Waals surface area (Å²) in [5.41, 5.74) is 1.34. The summed E-state index contributed by atoms with van der Waals surface area (Å²) in [7, 11) is 1.15. The number of halogens is 1. The minimum atomic E-state index is -1.30. The van der Waals surface area contributed by atoms with Crippen LogP contribution in [-0.4, -0.2) is 29.2 Å². The van der Waals surface area contributed by atoms with Gasteiger partial charge in [-0.15, -0.1) is 10.2 Å². The molecule has 1 aromatic carbocycles. The first-order valence-corrected chi connectivity index (χ1v) is 6.38. The van der Waals surface area contributed by atoms with Crippen LogP contribution in [-0.2, 0) is 16.2 Å². The molecule has 1 N–H and O–H groups in total. The summed E-state index contributed by atoms with van der Waals surface area (Å²) in [4.78, 5) is 23.9. The largest absolute Gasteiger partial charge is 0.467 e. The molecule has 0 aliphatic heterocycles. The number of benzene rings is 1. The van der Waals surface area contributed by atoms with Gasteiger partial charge < -0.3 is 14.5 Å². The first-order valence-electron chi connectivity index (χ1n) is 6.38. The van der Waals surface area contributed by atoms with Gasteiger partial charge in [0.1, 0.15) is 0 Å². The van der Waals surface area contributed by atoms with Crippen LogP contribution >= 0.6 is 0 Å². The first-order chi connectivity index (χ1) is 10.5. The molecule has 0 spiro atoms. The number of aromatic nitrogens is 2. The summed E-state index contributed by atoms with van der Waals surface area (Å²) < 4.78 is 22.0. The van der Waals surface area contributed by atoms with E-state index in [0.717, 1.165) is 12.7 Å². The molecule has 7 nitrogen and oxygen atoms in total. The predicted molar refractivity (Wildman–Crippen MR) is 72.5 cm³/mol. The standard InChI is InChI=1S/C14H14FN3O4/c1-8-3-5-9(6-4-8)12(19)16-11(14(20)21-2)13-18-17-10(7-15)22-13/h3-6,11H,7H2,1-2H3,(H,16,19)/t11-/m1/s1. The maximum Gasteiger partial charge on any atom is 0.338 e. The van der Waals surface area contributed by atoms with Gasteiger partial charge in [0.15, 0.2) is 6.67 Å². The van der Waals surface area contributed by atoms with Crippen molar-refractivity contribution >= 4 is 11.9 Å². The lowest BCUT2D eigenvalue weighted by molar-refractivity contribution is -0.143. The molecule has 0 aliphatic rings. The van der Waals surface area contributed by atoms with E-state index in [1.807, 2.05) is 6.92 Å². The SMILES string of the molecule is COC(=O)[C@H](NC(=O)c1ccc(C)cc1)c1nnc(CF)o1. The fourth-order valence-corrected chi connectivity index (χ4v) is 1.70. The van der Waals surface area contributed by atoms with Crippen molar-refractivity contribution in [1.82, 2.24) is 15.5 Å². The minimum absolute atomic E-state index is 0.236. The molecule has 0 saturated carbocycles. The first kappa shape index (κ1) is 15.6. The van der Waals surface area contributed by atoms with Crippen LogP contribution in [0.2, 0.25) is 0 Å². The van der Waals surface area contributed by atoms with Crippen molar-refractivity contribution in [3.63, 3.8) is 0 Å². The molecule has 0 saturated heterocycles. The summed E-state index contributed by atoms with van der Waals surface area (Å²) >= 11 is 0. The lowest BCUT2D eigenvalue weighted by Gasteiger charge is -2.13. The minimum Gasteiger partial charge on any atom is -0.467 e. The Hall–Kier alpha value is -2.77. The molecule has 1 heterocycles. The Kier molecular flexibility index (Phi) is 4.82. The Balaban J connectivity index is 2.21. The van der Waals surface area contributed by atoms with Crippen LogP contribution in [0.4, 0.5) is 4.39 Å². The lowest BCUT2D eigenvalue weighted by Crippen LogP contribution is -2.34. The Bertz CT molecular complexity index is 669. The molecule has 1 atom stereocenters. The molecule has 116 valence electrons. The van der Waals surface area contributed by atoms with Gasteiger partial charge in [-0.25, -0.2) is 9.18 Å². The number of aryl methyl sites for hydroxylation is 1. The highest BCUT2D eigenvalue weighted by molar-refractivity contribution is 5.96. The molecule has 22 heavy (non-hydrogen) atoms. The lowest BCUT2D eigenvalue weighted by atomic mass is 10.1. The van der Waals surface area contributed by atoms with E-state index in [-0.39, 0.29) is 11.8 Å². The fraction of sp³-hybridized carbons (Fsp3) is 0.286. The number of hydrogen-bond acceptors (Lipinski definition) is 6. The summed E-state index contributed by atoms with van der Waals surface area (Å²) in [6.07, 6.45) is 0. The highest BCUT2D eigenvalue weighted by Gasteiger charge is 2.29. The zero-order valence-electron chi connectivity index (χ0n) is 12.0. The zero-order valence-corrected chi connectivity index (χ0v) is 12.0. The van der Waals surface area contributed by atoms with E-state index in [0.29, 0.717) is 5.56 Å². The monoisotopic (exact) mass is 307 g/mol. The fourth-order valence-electron chi connectivity index (χ4n) is 1.70. The van der Waals surface area contributed by atoms with E-state index in [1.165, 1.54) is 0 Å². The highest BCUT2D eigenvalue weighted by Crippen LogP contribution is 2.15. The molecule has 8 heteroatoms. The second-order valence-corrected chi connectivity index (χ2v) is 4.46. The van der Waals surface area contributed by atoms with Crippen LogP contribution in [0, 0.1) is 6.92 Å². The summed E-state index contributed by atoms with van der Waals surface area (Å²) in [5, 5.41) is 9.38. The number of carbonyl (C=O) groups excluding carboxylic acids is 2. The Morgan fingerprint density at radius 3 is 2.55 bits per heavy atom. The number of rotatable bonds is 5. The van der Waals surface area contributed by atoms with E-state index in [2.05, 4.69) is 20.3 Å². The molecular weight excluding hydrogens is 293 g/mol. The van der Waals surface area contributed by atoms with Crippen molar-refractivity contribution in [2.75, 3.05) is 7.11 Å². The van der Waals surface area contributed by atoms with Gasteiger partial charge >= 0.3 is 5.97 Å². The quantitative estimate of drug-likeness (QED) is 0.841. The van der Waals surface area contributed by atoms with Gasteiger partial charge in [0.2, 0.25) is 17.8 Å². The predicted octanol–water partition coefficient (Wildman–Crippen LogP) is 1.49. The van der Waals surface area contributed by atoms with Crippen LogP contribution in [0.3, 0.4) is 0 Å². The second kappa shape index (κ2) is 6.79. The van der Waals surface area contributed by atoms with Crippen molar-refractivity contribution in [1.29, 1.82) is 0 Å². The average Bonchev–Trinajstić information content (AvgIpc) is 3.01. The van der Waals surface area contributed by atoms with E-state index < -0.39 is 24.6 Å². The average molecular weight is 307 g/mol. The third-order valence-electron chi connectivity index (χ3n) is 2.87. The normalized spacial score (nSPS) is 11.8. The van der Waals surface area contributed by atoms with Crippen molar-refractivity contribution in [3.8, 4) is 0 Å². The number of amides is 1. The third-order valence-corrected chi connectivity index (χ3v) is 2.87. The van der Waals surface area contributed by atoms with Crippen LogP contribution in [0.25, 0.3) is 0 Å². The molecule has 2 rings (SSSR count). The molecule has 1 amide bonds. The van der Waals surface area contributed by atoms with Gasteiger partial charge in [-0.2, -0.15) is 0 Å². The maximum absolute atomic E-state index is 12.5. The highest BCUT2D eigenvalue weighted by atomic mass is 19.1. The Morgan fingerprint density at radius 2 is 2.00 bits per heavy atom. The van der Waals surface area contributed by atoms with Gasteiger partial charge in [-0.3, -0.25) is 4.79 Å². The van der Waals surface area contributed by atoms with Crippen molar-refractivity contribution in [2.45, 2.75) is 19.6 Å². The van der Waals surface area contributed by atoms with Crippen molar-refractivity contribution in [2.24, 2.45) is 0 Å². The topological polar surface area (TPSA) is 94.3 Å². The molecule has 0 bridgehead atoms. The second-order valence-electron chi connectivity index (χ2n) is 4.46. The van der Waals surface area contributed by atoms with Gasteiger partial charge in [0.05, 0.1) is 7.11 Å². The van der Waals surface area contributed by atoms with Crippen LogP contribution < -0.4 is 5.32 Å². The number of esters is 1. The molecule has 0 aliphatic carbocycles. The molecular formula is C14H14FN3O4. The van der Waals surface area contributed by atoms with Gasteiger partial charge in [-0.05, 0) is 19.1 Å². The van der Waals surface area contributed by atoms with Crippen LogP contribution in [0.5, 0.6) is 0 Å².